The summed E-state index contributed by atoms with van der Waals surface area (Å²) in [6, 6.07) is 12.2. The minimum atomic E-state index is -4.99. The predicted molar refractivity (Wildman–Crippen MR) is 174 cm³/mol. The van der Waals surface area contributed by atoms with E-state index in [2.05, 4.69) is 15.8 Å². The van der Waals surface area contributed by atoms with Crippen LogP contribution in [-0.2, 0) is 30.9 Å². The van der Waals surface area contributed by atoms with Gasteiger partial charge in [-0.25, -0.2) is 0 Å². The molecule has 5 atom stereocenters. The summed E-state index contributed by atoms with van der Waals surface area (Å²) in [6.07, 6.45) is 2.09. The maximum absolute atomic E-state index is 14.0. The fourth-order valence-corrected chi connectivity index (χ4v) is 6.84. The first kappa shape index (κ1) is 35.9. The molecule has 4 rings (SSSR count). The molecule has 0 saturated heterocycles. The topological polar surface area (TPSA) is 193 Å². The van der Waals surface area contributed by atoms with Crippen LogP contribution in [0, 0.1) is 24.7 Å². The maximum atomic E-state index is 14.0. The Balaban J connectivity index is 1.60. The van der Waals surface area contributed by atoms with Crippen LogP contribution in [0.5, 0.6) is 0 Å². The zero-order valence-corrected chi connectivity index (χ0v) is 27.7. The Kier molecular flexibility index (Phi) is 12.0. The zero-order chi connectivity index (χ0) is 34.3. The second kappa shape index (κ2) is 15.8. The normalized spacial score (nSPS) is 18.0. The smallest absolute Gasteiger partial charge is 0.294 e. The lowest BCUT2D eigenvalue weighted by molar-refractivity contribution is -0.132. The monoisotopic (exact) mass is 669 g/mol. The van der Waals surface area contributed by atoms with Gasteiger partial charge in [-0.15, -0.1) is 0 Å². The second-order valence-corrected chi connectivity index (χ2v) is 14.4. The van der Waals surface area contributed by atoms with E-state index in [4.69, 9.17) is 4.52 Å². The molecule has 13 heteroatoms. The molecule has 12 nitrogen and oxygen atoms in total. The molecule has 0 spiro atoms. The third-order valence-electron chi connectivity index (χ3n) is 8.63. The van der Waals surface area contributed by atoms with E-state index in [9.17, 15) is 37.3 Å². The van der Waals surface area contributed by atoms with Crippen molar-refractivity contribution in [2.75, 3.05) is 0 Å². The molecule has 0 radical (unpaired) electrons. The van der Waals surface area contributed by atoms with Gasteiger partial charge in [-0.1, -0.05) is 67.9 Å². The lowest BCUT2D eigenvalue weighted by atomic mass is 9.83. The first-order chi connectivity index (χ1) is 22.2. The molecule has 1 heterocycles. The van der Waals surface area contributed by atoms with Crippen molar-refractivity contribution in [2.24, 2.45) is 17.8 Å². The number of fused-ring (bicyclic) bond motifs is 1. The fourth-order valence-electron chi connectivity index (χ4n) is 6.24. The van der Waals surface area contributed by atoms with Crippen LogP contribution in [0.2, 0.25) is 0 Å². The predicted octanol–water partition coefficient (Wildman–Crippen LogP) is 3.94. The molecule has 1 aliphatic rings. The van der Waals surface area contributed by atoms with Crippen molar-refractivity contribution in [3.05, 3.63) is 65.5 Å². The van der Waals surface area contributed by atoms with Crippen LogP contribution in [0.4, 0.5) is 0 Å². The molecule has 0 bridgehead atoms. The largest absolute Gasteiger partial charge is 0.374 e. The number of aromatic nitrogens is 1. The number of rotatable bonds is 15. The highest BCUT2D eigenvalue weighted by Crippen LogP contribution is 2.27. The number of amides is 2. The summed E-state index contributed by atoms with van der Waals surface area (Å²) in [5.41, 5.74) is -1.56. The molecule has 3 aromatic rings. The first-order valence-corrected chi connectivity index (χ1v) is 17.4. The van der Waals surface area contributed by atoms with Crippen molar-refractivity contribution in [3.8, 4) is 0 Å². The van der Waals surface area contributed by atoms with Gasteiger partial charge in [0.05, 0.1) is 12.1 Å². The molecule has 1 fully saturated rings. The van der Waals surface area contributed by atoms with E-state index < -0.39 is 57.1 Å². The molecule has 1 aliphatic carbocycles. The molecule has 2 aromatic carbocycles. The number of hydrogen-bond donors (Lipinski definition) is 4. The summed E-state index contributed by atoms with van der Waals surface area (Å²) >= 11 is 0. The fraction of sp³-hybridized carbons (Fsp3) is 0.500. The lowest BCUT2D eigenvalue weighted by Gasteiger charge is -2.30. The van der Waals surface area contributed by atoms with Crippen LogP contribution >= 0.6 is 0 Å². The summed E-state index contributed by atoms with van der Waals surface area (Å²) in [5, 5.41) is 21.4. The maximum Gasteiger partial charge on any atom is 0.294 e. The third-order valence-corrected chi connectivity index (χ3v) is 9.57. The van der Waals surface area contributed by atoms with E-state index in [-0.39, 0.29) is 43.1 Å². The molecule has 1 saturated carbocycles. The lowest BCUT2D eigenvalue weighted by Crippen LogP contribution is -2.51. The summed E-state index contributed by atoms with van der Waals surface area (Å²) in [6.45, 7) is 5.35. The van der Waals surface area contributed by atoms with E-state index in [0.717, 1.165) is 22.8 Å². The second-order valence-electron chi connectivity index (χ2n) is 12.9. The number of ketones is 2. The van der Waals surface area contributed by atoms with Gasteiger partial charge in [-0.3, -0.25) is 23.7 Å². The van der Waals surface area contributed by atoms with Gasteiger partial charge in [-0.05, 0) is 54.9 Å². The van der Waals surface area contributed by atoms with Crippen molar-refractivity contribution < 1.29 is 41.8 Å². The van der Waals surface area contributed by atoms with Gasteiger partial charge < -0.3 is 20.3 Å². The van der Waals surface area contributed by atoms with Crippen LogP contribution in [0.3, 0.4) is 0 Å². The van der Waals surface area contributed by atoms with Gasteiger partial charge >= 0.3 is 0 Å². The molecule has 47 heavy (non-hydrogen) atoms. The van der Waals surface area contributed by atoms with Gasteiger partial charge in [0.15, 0.2) is 11.5 Å². The standard InChI is InChI=1S/C34H43N3O9S/c1-20(2)15-25(32(40)36-29(34(42)47(43,44)45)18-24-10-5-7-14-30(24)38)19-31(39)27(35-33(41)28-16-21(3)46-37-28)17-23-12-8-11-22-9-4-6-13-26(22)23/h4,6,8-9,11-13,16,20,24-25,27,29,34,42H,5,7,10,14-15,17-19H2,1-3H3,(H,35,41)(H,36,40)(H,43,44,45)/t24-,25+,27-,29-,34?/m0/s1. The average Bonchev–Trinajstić information content (AvgIpc) is 3.46. The summed E-state index contributed by atoms with van der Waals surface area (Å²) in [4.78, 5) is 53.4. The minimum Gasteiger partial charge on any atom is -0.374 e. The van der Waals surface area contributed by atoms with E-state index >= 15 is 0 Å². The van der Waals surface area contributed by atoms with Crippen molar-refractivity contribution in [1.82, 2.24) is 15.8 Å². The van der Waals surface area contributed by atoms with Gasteiger partial charge in [0.1, 0.15) is 11.5 Å². The number of benzene rings is 2. The Morgan fingerprint density at radius 3 is 2.45 bits per heavy atom. The number of Topliss-reactive ketones (excluding diaryl/α,β-unsaturated/α-hetero) is 2. The molecular weight excluding hydrogens is 626 g/mol. The number of aliphatic hydroxyl groups excluding tert-OH is 1. The van der Waals surface area contributed by atoms with Crippen molar-refractivity contribution in [3.63, 3.8) is 0 Å². The quantitative estimate of drug-likeness (QED) is 0.172. The SMILES string of the molecule is Cc1cc(C(=O)N[C@@H](Cc2cccc3ccccc23)C(=O)C[C@@H](CC(C)C)C(=O)N[C@@H](C[C@@H]2CCCCC2=O)C(O)S(=O)(=O)O)no1. The molecule has 2 amide bonds. The summed E-state index contributed by atoms with van der Waals surface area (Å²) in [7, 11) is -4.99. The molecular formula is C34H43N3O9S. The van der Waals surface area contributed by atoms with Crippen molar-refractivity contribution in [2.45, 2.75) is 89.7 Å². The Morgan fingerprint density at radius 2 is 1.79 bits per heavy atom. The molecule has 4 N–H and O–H groups in total. The van der Waals surface area contributed by atoms with Crippen LogP contribution in [0.1, 0.15) is 80.6 Å². The van der Waals surface area contributed by atoms with Crippen LogP contribution < -0.4 is 10.6 Å². The highest BCUT2D eigenvalue weighted by molar-refractivity contribution is 7.86. The Labute approximate surface area is 274 Å². The van der Waals surface area contributed by atoms with Gasteiger partial charge in [0, 0.05) is 37.2 Å². The third kappa shape index (κ3) is 9.78. The van der Waals surface area contributed by atoms with E-state index in [1.807, 2.05) is 56.3 Å². The number of aliphatic hydroxyl groups is 1. The van der Waals surface area contributed by atoms with Gasteiger partial charge in [0.25, 0.3) is 16.0 Å². The molecule has 1 unspecified atom stereocenters. The van der Waals surface area contributed by atoms with Crippen molar-refractivity contribution >= 4 is 44.3 Å². The Hall–Kier alpha value is -3.94. The summed E-state index contributed by atoms with van der Waals surface area (Å²) in [5.74, 6) is -3.07. The van der Waals surface area contributed by atoms with Crippen LogP contribution in [0.25, 0.3) is 10.8 Å². The Bertz CT molecular complexity index is 1700. The number of carbonyl (C=O) groups is 4. The molecule has 254 valence electrons. The highest BCUT2D eigenvalue weighted by atomic mass is 32.2. The van der Waals surface area contributed by atoms with E-state index in [1.165, 1.54) is 6.07 Å². The van der Waals surface area contributed by atoms with Crippen LogP contribution in [0.15, 0.2) is 53.1 Å². The van der Waals surface area contributed by atoms with Crippen molar-refractivity contribution in [1.29, 1.82) is 0 Å². The first-order valence-electron chi connectivity index (χ1n) is 15.9. The zero-order valence-electron chi connectivity index (χ0n) is 26.8. The highest BCUT2D eigenvalue weighted by Gasteiger charge is 2.38. The Morgan fingerprint density at radius 1 is 1.06 bits per heavy atom. The van der Waals surface area contributed by atoms with Gasteiger partial charge in [-0.2, -0.15) is 8.42 Å². The minimum absolute atomic E-state index is 0.00556. The number of nitrogens with one attached hydrogen (secondary N) is 2. The van der Waals surface area contributed by atoms with Gasteiger partial charge in [0.2, 0.25) is 11.3 Å². The number of hydrogen-bond acceptors (Lipinski definition) is 9. The molecule has 0 aliphatic heterocycles. The molecule has 1 aromatic heterocycles. The number of nitrogens with zero attached hydrogens (tertiary/aromatic N) is 1. The average molecular weight is 670 g/mol. The number of aryl methyl sites for hydroxylation is 1. The van der Waals surface area contributed by atoms with E-state index in [1.54, 1.807) is 6.92 Å². The summed E-state index contributed by atoms with van der Waals surface area (Å²) < 4.78 is 38.6. The number of carbonyl (C=O) groups excluding carboxylic acids is 4. The van der Waals surface area contributed by atoms with Crippen LogP contribution in [-0.4, -0.2) is 64.1 Å². The van der Waals surface area contributed by atoms with E-state index in [0.29, 0.717) is 25.0 Å².